The van der Waals surface area contributed by atoms with Crippen LogP contribution in [0.4, 0.5) is 17.1 Å². The van der Waals surface area contributed by atoms with Crippen LogP contribution in [0.2, 0.25) is 0 Å². The van der Waals surface area contributed by atoms with Crippen molar-refractivity contribution in [2.75, 3.05) is 28.6 Å². The Morgan fingerprint density at radius 1 is 0.871 bits per heavy atom. The molecule has 0 aliphatic rings. The fraction of sp³-hybridized carbons (Fsp3) is 0.231. The maximum Gasteiger partial charge on any atom is 0.258 e. The number of para-hydroxylation sites is 1. The van der Waals surface area contributed by atoms with Gasteiger partial charge in [0.2, 0.25) is 5.91 Å². The van der Waals surface area contributed by atoms with Gasteiger partial charge in [-0.2, -0.15) is 0 Å². The zero-order valence-corrected chi connectivity index (χ0v) is 18.5. The van der Waals surface area contributed by atoms with Crippen LogP contribution in [0.1, 0.15) is 34.0 Å². The Morgan fingerprint density at radius 3 is 2.19 bits per heavy atom. The molecule has 0 saturated heterocycles. The molecule has 0 atom stereocenters. The number of benzene rings is 3. The number of nitrogens with zero attached hydrogens (tertiary/aromatic N) is 1. The molecule has 0 saturated carbocycles. The minimum absolute atomic E-state index is 0.0762. The molecule has 0 aliphatic carbocycles. The van der Waals surface area contributed by atoms with Gasteiger partial charge in [0.1, 0.15) is 0 Å². The summed E-state index contributed by atoms with van der Waals surface area (Å²) in [7, 11) is 0. The normalized spacial score (nSPS) is 10.5. The van der Waals surface area contributed by atoms with Gasteiger partial charge in [-0.1, -0.05) is 42.0 Å². The zero-order chi connectivity index (χ0) is 22.4. The number of aryl methyl sites for hydroxylation is 3. The Morgan fingerprint density at radius 2 is 1.55 bits per heavy atom. The summed E-state index contributed by atoms with van der Waals surface area (Å²) >= 11 is 0. The molecular weight excluding hydrogens is 386 g/mol. The maximum absolute atomic E-state index is 13.0. The van der Waals surface area contributed by atoms with Crippen LogP contribution >= 0.6 is 0 Å². The van der Waals surface area contributed by atoms with E-state index in [2.05, 4.69) is 22.8 Å². The van der Waals surface area contributed by atoms with Gasteiger partial charge in [-0.05, 0) is 69.2 Å². The third-order valence-corrected chi connectivity index (χ3v) is 5.13. The number of anilines is 3. The lowest BCUT2D eigenvalue weighted by atomic mass is 10.1. The Kier molecular flexibility index (Phi) is 7.08. The van der Waals surface area contributed by atoms with Crippen molar-refractivity contribution in [3.8, 4) is 0 Å². The molecule has 0 bridgehead atoms. The third kappa shape index (κ3) is 5.51. The fourth-order valence-electron chi connectivity index (χ4n) is 3.71. The van der Waals surface area contributed by atoms with E-state index >= 15 is 0 Å². The van der Waals surface area contributed by atoms with E-state index in [1.807, 2.05) is 70.2 Å². The Hall–Kier alpha value is -3.60. The molecule has 0 aromatic heterocycles. The predicted octanol–water partition coefficient (Wildman–Crippen LogP) is 5.33. The van der Waals surface area contributed by atoms with Crippen LogP contribution in [0.15, 0.2) is 66.7 Å². The molecule has 3 aromatic carbocycles. The van der Waals surface area contributed by atoms with E-state index in [0.717, 1.165) is 28.2 Å². The van der Waals surface area contributed by atoms with Gasteiger partial charge in [0.15, 0.2) is 0 Å². The number of hydrogen-bond donors (Lipinski definition) is 2. The first kappa shape index (κ1) is 22.1. The van der Waals surface area contributed by atoms with Crippen molar-refractivity contribution < 1.29 is 9.59 Å². The van der Waals surface area contributed by atoms with E-state index < -0.39 is 0 Å². The van der Waals surface area contributed by atoms with Crippen LogP contribution in [-0.2, 0) is 4.79 Å². The molecule has 31 heavy (non-hydrogen) atoms. The van der Waals surface area contributed by atoms with Gasteiger partial charge in [0.05, 0.1) is 6.54 Å². The molecule has 2 N–H and O–H groups in total. The fourth-order valence-corrected chi connectivity index (χ4v) is 3.71. The second-order valence-corrected chi connectivity index (χ2v) is 7.64. The highest BCUT2D eigenvalue weighted by molar-refractivity contribution is 6.06. The van der Waals surface area contributed by atoms with Crippen LogP contribution in [-0.4, -0.2) is 24.9 Å². The van der Waals surface area contributed by atoms with Gasteiger partial charge in [0.25, 0.3) is 5.91 Å². The van der Waals surface area contributed by atoms with Gasteiger partial charge < -0.3 is 15.5 Å². The van der Waals surface area contributed by atoms with E-state index in [4.69, 9.17) is 0 Å². The number of hydrogen-bond acceptors (Lipinski definition) is 3. The summed E-state index contributed by atoms with van der Waals surface area (Å²) in [6, 6.07) is 20.9. The van der Waals surface area contributed by atoms with Gasteiger partial charge in [-0.15, -0.1) is 0 Å². The monoisotopic (exact) mass is 415 g/mol. The first-order chi connectivity index (χ1) is 14.9. The summed E-state index contributed by atoms with van der Waals surface area (Å²) in [5.41, 5.74) is 6.26. The number of nitrogens with one attached hydrogen (secondary N) is 2. The largest absolute Gasteiger partial charge is 0.376 e. The lowest BCUT2D eigenvalue weighted by Gasteiger charge is -2.21. The van der Waals surface area contributed by atoms with E-state index in [1.54, 1.807) is 17.0 Å². The molecule has 3 rings (SSSR count). The minimum Gasteiger partial charge on any atom is -0.376 e. The maximum atomic E-state index is 13.0. The number of rotatable bonds is 7. The molecule has 5 nitrogen and oxygen atoms in total. The first-order valence-corrected chi connectivity index (χ1v) is 10.5. The van der Waals surface area contributed by atoms with Crippen molar-refractivity contribution in [3.05, 3.63) is 89.0 Å². The van der Waals surface area contributed by atoms with Crippen LogP contribution < -0.4 is 15.5 Å². The number of carbonyl (C=O) groups excluding carboxylic acids is 2. The smallest absolute Gasteiger partial charge is 0.258 e. The lowest BCUT2D eigenvalue weighted by Crippen LogP contribution is -2.30. The second-order valence-electron chi connectivity index (χ2n) is 7.64. The van der Waals surface area contributed by atoms with Crippen LogP contribution in [0.25, 0.3) is 0 Å². The van der Waals surface area contributed by atoms with Gasteiger partial charge in [0, 0.05) is 29.2 Å². The average molecular weight is 416 g/mol. The summed E-state index contributed by atoms with van der Waals surface area (Å²) < 4.78 is 0. The molecule has 0 unspecified atom stereocenters. The number of carbonyl (C=O) groups is 2. The minimum atomic E-state index is -0.133. The highest BCUT2D eigenvalue weighted by Crippen LogP contribution is 2.22. The van der Waals surface area contributed by atoms with Crippen molar-refractivity contribution in [1.82, 2.24) is 0 Å². The van der Waals surface area contributed by atoms with Crippen LogP contribution in [0.5, 0.6) is 0 Å². The molecule has 0 fully saturated rings. The lowest BCUT2D eigenvalue weighted by molar-refractivity contribution is -0.114. The van der Waals surface area contributed by atoms with Crippen LogP contribution in [0, 0.1) is 20.8 Å². The third-order valence-electron chi connectivity index (χ3n) is 5.13. The highest BCUT2D eigenvalue weighted by atomic mass is 16.2. The predicted molar refractivity (Wildman–Crippen MR) is 128 cm³/mol. The Bertz CT molecular complexity index is 1050. The Labute approximate surface area is 184 Å². The quantitative estimate of drug-likeness (QED) is 0.548. The summed E-state index contributed by atoms with van der Waals surface area (Å²) in [4.78, 5) is 27.2. The molecule has 2 amide bonds. The van der Waals surface area contributed by atoms with Crippen molar-refractivity contribution in [2.24, 2.45) is 0 Å². The van der Waals surface area contributed by atoms with Crippen LogP contribution in [0.3, 0.4) is 0 Å². The van der Waals surface area contributed by atoms with Crippen molar-refractivity contribution in [3.63, 3.8) is 0 Å². The standard InChI is InChI=1S/C26H29N3O2/c1-5-29(23-12-7-6-8-13-23)26(31)21-10-9-11-22(16-21)27-17-24(30)28-25-19(3)14-18(2)15-20(25)4/h6-16,27H,5,17H2,1-4H3,(H,28,30). The van der Waals surface area contributed by atoms with E-state index in [9.17, 15) is 9.59 Å². The summed E-state index contributed by atoms with van der Waals surface area (Å²) in [6.45, 7) is 8.65. The molecule has 0 heterocycles. The van der Waals surface area contributed by atoms with Gasteiger partial charge >= 0.3 is 0 Å². The molecule has 5 heteroatoms. The second kappa shape index (κ2) is 9.94. The van der Waals surface area contributed by atoms with E-state index in [0.29, 0.717) is 12.1 Å². The average Bonchev–Trinajstić information content (AvgIpc) is 2.76. The summed E-state index contributed by atoms with van der Waals surface area (Å²) in [6.07, 6.45) is 0. The van der Waals surface area contributed by atoms with E-state index in [1.165, 1.54) is 5.56 Å². The zero-order valence-electron chi connectivity index (χ0n) is 18.5. The van der Waals surface area contributed by atoms with Gasteiger partial charge in [-0.3, -0.25) is 9.59 Å². The van der Waals surface area contributed by atoms with Crippen molar-refractivity contribution in [2.45, 2.75) is 27.7 Å². The molecule has 0 spiro atoms. The molecule has 0 radical (unpaired) electrons. The molecule has 160 valence electrons. The Balaban J connectivity index is 1.67. The summed E-state index contributed by atoms with van der Waals surface area (Å²) in [5.74, 6) is -0.209. The topological polar surface area (TPSA) is 61.4 Å². The summed E-state index contributed by atoms with van der Waals surface area (Å²) in [5, 5.41) is 6.11. The number of amides is 2. The SMILES string of the molecule is CCN(C(=O)c1cccc(NCC(=O)Nc2c(C)cc(C)cc2C)c1)c1ccccc1. The molecular formula is C26H29N3O2. The highest BCUT2D eigenvalue weighted by Gasteiger charge is 2.16. The first-order valence-electron chi connectivity index (χ1n) is 10.5. The molecule has 3 aromatic rings. The van der Waals surface area contributed by atoms with E-state index in [-0.39, 0.29) is 18.4 Å². The van der Waals surface area contributed by atoms with Crippen molar-refractivity contribution in [1.29, 1.82) is 0 Å². The molecule has 0 aliphatic heterocycles. The van der Waals surface area contributed by atoms with Gasteiger partial charge in [-0.25, -0.2) is 0 Å². The van der Waals surface area contributed by atoms with Crippen molar-refractivity contribution >= 4 is 28.9 Å².